The maximum absolute atomic E-state index is 13.8. The van der Waals surface area contributed by atoms with Gasteiger partial charge in [-0.25, -0.2) is 9.59 Å². The Morgan fingerprint density at radius 3 is 2.32 bits per heavy atom. The SMILES string of the molecule is CSCCC(NC(=O)OCc1ccccc1)C(=O)Oc1ccc2c(=O)c(Oc3ccccc3)c(C(F)(F)F)oc2c1. The van der Waals surface area contributed by atoms with Crippen molar-refractivity contribution in [3.63, 3.8) is 0 Å². The van der Waals surface area contributed by atoms with Crippen molar-refractivity contribution in [3.05, 3.63) is 100 Å². The molecule has 0 bridgehead atoms. The minimum Gasteiger partial charge on any atom is -0.449 e. The van der Waals surface area contributed by atoms with E-state index in [1.165, 1.54) is 48.2 Å². The number of benzene rings is 3. The van der Waals surface area contributed by atoms with Crippen LogP contribution < -0.4 is 20.2 Å². The number of carbonyl (C=O) groups is 2. The fourth-order valence-electron chi connectivity index (χ4n) is 3.68. The van der Waals surface area contributed by atoms with E-state index in [4.69, 9.17) is 18.6 Å². The molecule has 1 N–H and O–H groups in total. The third-order valence-corrected chi connectivity index (χ3v) is 6.31. The number of alkyl halides is 3. The smallest absolute Gasteiger partial charge is 0.449 e. The Bertz CT molecular complexity index is 1560. The van der Waals surface area contributed by atoms with Crippen LogP contribution >= 0.6 is 11.8 Å². The second kappa shape index (κ2) is 13.3. The van der Waals surface area contributed by atoms with Gasteiger partial charge in [-0.2, -0.15) is 24.9 Å². The van der Waals surface area contributed by atoms with Crippen molar-refractivity contribution in [2.45, 2.75) is 25.2 Å². The maximum Gasteiger partial charge on any atom is 0.453 e. The fourth-order valence-corrected chi connectivity index (χ4v) is 4.16. The van der Waals surface area contributed by atoms with Crippen molar-refractivity contribution in [1.82, 2.24) is 5.32 Å². The molecule has 12 heteroatoms. The molecule has 0 saturated carbocycles. The van der Waals surface area contributed by atoms with Crippen LogP contribution in [0.1, 0.15) is 17.7 Å². The van der Waals surface area contributed by atoms with Gasteiger partial charge in [0.2, 0.25) is 11.2 Å². The first-order valence-electron chi connectivity index (χ1n) is 12.2. The lowest BCUT2D eigenvalue weighted by molar-refractivity contribution is -0.154. The predicted molar refractivity (Wildman–Crippen MR) is 146 cm³/mol. The third kappa shape index (κ3) is 7.82. The summed E-state index contributed by atoms with van der Waals surface area (Å²) in [5.41, 5.74) is -0.774. The molecule has 0 spiro atoms. The Morgan fingerprint density at radius 2 is 1.66 bits per heavy atom. The quantitative estimate of drug-likeness (QED) is 0.164. The Balaban J connectivity index is 1.55. The number of fused-ring (bicyclic) bond motifs is 1. The van der Waals surface area contributed by atoms with Crippen molar-refractivity contribution in [2.24, 2.45) is 0 Å². The first-order valence-corrected chi connectivity index (χ1v) is 13.6. The number of thioether (sulfide) groups is 1. The number of carbonyl (C=O) groups excluding carboxylic acids is 2. The average Bonchev–Trinajstić information content (AvgIpc) is 2.96. The first kappa shape index (κ1) is 29.5. The lowest BCUT2D eigenvalue weighted by Crippen LogP contribution is -2.43. The van der Waals surface area contributed by atoms with Gasteiger partial charge < -0.3 is 23.9 Å². The van der Waals surface area contributed by atoms with E-state index in [2.05, 4.69) is 5.32 Å². The molecular formula is C29H24F3NO7S. The van der Waals surface area contributed by atoms with E-state index in [1.807, 2.05) is 12.3 Å². The van der Waals surface area contributed by atoms with E-state index in [-0.39, 0.29) is 29.9 Å². The highest BCUT2D eigenvalue weighted by Crippen LogP contribution is 2.38. The van der Waals surface area contributed by atoms with E-state index in [9.17, 15) is 27.6 Å². The highest BCUT2D eigenvalue weighted by Gasteiger charge is 2.40. The summed E-state index contributed by atoms with van der Waals surface area (Å²) < 4.78 is 62.3. The lowest BCUT2D eigenvalue weighted by atomic mass is 10.2. The van der Waals surface area contributed by atoms with E-state index in [1.54, 1.807) is 30.3 Å². The fraction of sp³-hybridized carbons (Fsp3) is 0.207. The summed E-state index contributed by atoms with van der Waals surface area (Å²) in [6.07, 6.45) is -3.89. The molecule has 1 amide bonds. The summed E-state index contributed by atoms with van der Waals surface area (Å²) in [6, 6.07) is 18.7. The second-order valence-corrected chi connectivity index (χ2v) is 9.61. The molecule has 8 nitrogen and oxygen atoms in total. The number of halogens is 3. The van der Waals surface area contributed by atoms with Gasteiger partial charge in [0.15, 0.2) is 0 Å². The molecule has 0 fully saturated rings. The van der Waals surface area contributed by atoms with Crippen molar-refractivity contribution in [1.29, 1.82) is 0 Å². The van der Waals surface area contributed by atoms with Gasteiger partial charge in [0, 0.05) is 6.07 Å². The zero-order valence-corrected chi connectivity index (χ0v) is 22.4. The van der Waals surface area contributed by atoms with Crippen LogP contribution in [0.5, 0.6) is 17.2 Å². The number of rotatable bonds is 10. The normalized spacial score (nSPS) is 12.0. The molecule has 0 aliphatic rings. The highest BCUT2D eigenvalue weighted by atomic mass is 32.2. The van der Waals surface area contributed by atoms with E-state index >= 15 is 0 Å². The summed E-state index contributed by atoms with van der Waals surface area (Å²) in [5, 5.41) is 2.24. The van der Waals surface area contributed by atoms with Gasteiger partial charge in [0.25, 0.3) is 5.76 Å². The Kier molecular flexibility index (Phi) is 9.56. The summed E-state index contributed by atoms with van der Waals surface area (Å²) in [7, 11) is 0. The van der Waals surface area contributed by atoms with Gasteiger partial charge in [-0.15, -0.1) is 0 Å². The predicted octanol–water partition coefficient (Wildman–Crippen LogP) is 6.56. The zero-order valence-electron chi connectivity index (χ0n) is 21.6. The minimum absolute atomic E-state index is 0.0151. The highest BCUT2D eigenvalue weighted by molar-refractivity contribution is 7.98. The molecule has 1 atom stereocenters. The van der Waals surface area contributed by atoms with Crippen LogP contribution in [0, 0.1) is 0 Å². The molecule has 0 radical (unpaired) electrons. The van der Waals surface area contributed by atoms with Crippen molar-refractivity contribution >= 4 is 34.8 Å². The van der Waals surface area contributed by atoms with Crippen molar-refractivity contribution < 1.29 is 41.4 Å². The third-order valence-electron chi connectivity index (χ3n) is 5.66. The Labute approximate surface area is 236 Å². The van der Waals surface area contributed by atoms with Gasteiger partial charge in [-0.05, 0) is 48.3 Å². The molecule has 0 saturated heterocycles. The van der Waals surface area contributed by atoms with Gasteiger partial charge in [-0.3, -0.25) is 4.79 Å². The number of hydrogen-bond donors (Lipinski definition) is 1. The number of para-hydroxylation sites is 1. The van der Waals surface area contributed by atoms with Gasteiger partial charge >= 0.3 is 18.2 Å². The standard InChI is InChI=1S/C29H24F3NO7S/c1-41-15-14-22(33-28(36)37-17-18-8-4-2-5-9-18)27(35)39-20-12-13-21-23(16-20)40-26(29(30,31)32)25(24(21)34)38-19-10-6-3-7-11-19/h2-13,16,22H,14-15,17H2,1H3,(H,33,36). The zero-order chi connectivity index (χ0) is 29.4. The topological polar surface area (TPSA) is 104 Å². The molecular weight excluding hydrogens is 563 g/mol. The molecule has 1 aromatic heterocycles. The van der Waals surface area contributed by atoms with Crippen LogP contribution in [0.25, 0.3) is 11.0 Å². The van der Waals surface area contributed by atoms with E-state index in [0.29, 0.717) is 5.75 Å². The second-order valence-electron chi connectivity index (χ2n) is 8.62. The molecule has 3 aromatic carbocycles. The van der Waals surface area contributed by atoms with Crippen LogP contribution in [0.3, 0.4) is 0 Å². The molecule has 214 valence electrons. The number of ether oxygens (including phenoxy) is 3. The molecule has 41 heavy (non-hydrogen) atoms. The van der Waals surface area contributed by atoms with Crippen LogP contribution in [-0.4, -0.2) is 30.1 Å². The first-order chi connectivity index (χ1) is 19.7. The molecule has 1 unspecified atom stereocenters. The summed E-state index contributed by atoms with van der Waals surface area (Å²) in [5.74, 6) is -3.22. The largest absolute Gasteiger partial charge is 0.453 e. The number of nitrogens with one attached hydrogen (secondary N) is 1. The van der Waals surface area contributed by atoms with Crippen molar-refractivity contribution in [3.8, 4) is 17.2 Å². The van der Waals surface area contributed by atoms with Crippen molar-refractivity contribution in [2.75, 3.05) is 12.0 Å². The van der Waals surface area contributed by atoms with Gasteiger partial charge in [0.05, 0.1) is 5.39 Å². The molecule has 4 rings (SSSR count). The Morgan fingerprint density at radius 1 is 0.976 bits per heavy atom. The molecule has 0 aliphatic heterocycles. The number of hydrogen-bond acceptors (Lipinski definition) is 8. The molecule has 0 aliphatic carbocycles. The average molecular weight is 588 g/mol. The number of alkyl carbamates (subject to hydrolysis) is 1. The van der Waals surface area contributed by atoms with E-state index < -0.39 is 46.8 Å². The lowest BCUT2D eigenvalue weighted by Gasteiger charge is -2.17. The van der Waals surface area contributed by atoms with Crippen LogP contribution in [-0.2, 0) is 22.3 Å². The number of esters is 1. The van der Waals surface area contributed by atoms with Crippen LogP contribution in [0.15, 0.2) is 88.1 Å². The summed E-state index contributed by atoms with van der Waals surface area (Å²) in [6.45, 7) is -0.0157. The summed E-state index contributed by atoms with van der Waals surface area (Å²) in [4.78, 5) is 38.2. The molecule has 1 heterocycles. The monoisotopic (exact) mass is 587 g/mol. The van der Waals surface area contributed by atoms with Crippen LogP contribution in [0.4, 0.5) is 18.0 Å². The molecule has 4 aromatic rings. The van der Waals surface area contributed by atoms with E-state index in [0.717, 1.165) is 11.6 Å². The maximum atomic E-state index is 13.8. The van der Waals surface area contributed by atoms with Gasteiger partial charge in [-0.1, -0.05) is 48.5 Å². The van der Waals surface area contributed by atoms with Crippen LogP contribution in [0.2, 0.25) is 0 Å². The Hall–Kier alpha value is -4.45. The summed E-state index contributed by atoms with van der Waals surface area (Å²) >= 11 is 1.43. The van der Waals surface area contributed by atoms with Gasteiger partial charge in [0.1, 0.15) is 29.7 Å². The minimum atomic E-state index is -5.06. The number of amides is 1.